The third kappa shape index (κ3) is 2.11. The summed E-state index contributed by atoms with van der Waals surface area (Å²) in [7, 11) is 0. The van der Waals surface area contributed by atoms with Crippen LogP contribution in [0, 0.1) is 29.6 Å². The summed E-state index contributed by atoms with van der Waals surface area (Å²) in [5.41, 5.74) is 0. The van der Waals surface area contributed by atoms with E-state index < -0.39 is 0 Å². The summed E-state index contributed by atoms with van der Waals surface area (Å²) in [5, 5.41) is 0. The van der Waals surface area contributed by atoms with Gasteiger partial charge in [0.2, 0.25) is 0 Å². The first-order chi connectivity index (χ1) is 8.40. The standard InChI is InChI=1S/C17H26/c1-2-3-7-13-9-6-11-16-15-10-5-4-8-14(15)12-17(13)16/h4-5,8,10,13-17H,2-3,6-7,9,11-12H2,1H3. The number of fused-ring (bicyclic) bond motifs is 3. The highest BCUT2D eigenvalue weighted by Crippen LogP contribution is 2.54. The van der Waals surface area contributed by atoms with Crippen molar-refractivity contribution in [2.24, 2.45) is 29.6 Å². The summed E-state index contributed by atoms with van der Waals surface area (Å²) >= 11 is 0. The number of hydrogen-bond donors (Lipinski definition) is 0. The molecule has 0 heteroatoms. The van der Waals surface area contributed by atoms with Crippen LogP contribution in [0.5, 0.6) is 0 Å². The Morgan fingerprint density at radius 2 is 1.94 bits per heavy atom. The van der Waals surface area contributed by atoms with Crippen LogP contribution in [0.15, 0.2) is 24.3 Å². The van der Waals surface area contributed by atoms with Crippen molar-refractivity contribution >= 4 is 0 Å². The number of hydrogen-bond acceptors (Lipinski definition) is 0. The SMILES string of the molecule is CCCCC1CCCC2C3C=CC=CC3CC12. The van der Waals surface area contributed by atoms with Gasteiger partial charge in [-0.1, -0.05) is 63.3 Å². The molecule has 2 saturated carbocycles. The molecule has 0 amide bonds. The molecule has 0 saturated heterocycles. The summed E-state index contributed by atoms with van der Waals surface area (Å²) in [6, 6.07) is 0. The van der Waals surface area contributed by atoms with Gasteiger partial charge < -0.3 is 0 Å². The van der Waals surface area contributed by atoms with Crippen LogP contribution in [-0.4, -0.2) is 0 Å². The number of unbranched alkanes of at least 4 members (excludes halogenated alkanes) is 1. The molecular formula is C17H26. The van der Waals surface area contributed by atoms with E-state index in [9.17, 15) is 0 Å². The molecule has 0 aromatic heterocycles. The largest absolute Gasteiger partial charge is 0.0808 e. The summed E-state index contributed by atoms with van der Waals surface area (Å²) < 4.78 is 0. The molecule has 0 radical (unpaired) electrons. The van der Waals surface area contributed by atoms with E-state index in [2.05, 4.69) is 31.2 Å². The fraction of sp³-hybridized carbons (Fsp3) is 0.765. The van der Waals surface area contributed by atoms with Gasteiger partial charge in [-0.25, -0.2) is 0 Å². The Balaban J connectivity index is 1.72. The van der Waals surface area contributed by atoms with Gasteiger partial charge in [-0.05, 0) is 42.4 Å². The van der Waals surface area contributed by atoms with Crippen molar-refractivity contribution in [2.45, 2.75) is 51.9 Å². The molecule has 3 aliphatic carbocycles. The van der Waals surface area contributed by atoms with E-state index in [0.29, 0.717) is 0 Å². The monoisotopic (exact) mass is 230 g/mol. The maximum atomic E-state index is 2.51. The van der Waals surface area contributed by atoms with E-state index in [-0.39, 0.29) is 0 Å². The molecule has 0 aromatic carbocycles. The molecule has 0 heterocycles. The molecule has 0 bridgehead atoms. The second-order valence-corrected chi connectivity index (χ2v) is 6.41. The minimum Gasteiger partial charge on any atom is -0.0808 e. The molecule has 0 spiro atoms. The van der Waals surface area contributed by atoms with Crippen molar-refractivity contribution < 1.29 is 0 Å². The Labute approximate surface area is 106 Å². The molecule has 94 valence electrons. The normalized spacial score (nSPS) is 43.5. The average Bonchev–Trinajstić information content (AvgIpc) is 2.75. The third-order valence-corrected chi connectivity index (χ3v) is 5.53. The lowest BCUT2D eigenvalue weighted by molar-refractivity contribution is 0.155. The highest BCUT2D eigenvalue weighted by Gasteiger charge is 2.45. The highest BCUT2D eigenvalue weighted by molar-refractivity contribution is 5.19. The first-order valence-corrected chi connectivity index (χ1v) is 7.75. The topological polar surface area (TPSA) is 0 Å². The highest BCUT2D eigenvalue weighted by atomic mass is 14.5. The molecule has 5 atom stereocenters. The van der Waals surface area contributed by atoms with Crippen LogP contribution in [0.1, 0.15) is 51.9 Å². The predicted octanol–water partition coefficient (Wildman–Crippen LogP) is 4.97. The summed E-state index contributed by atoms with van der Waals surface area (Å²) in [6.45, 7) is 2.33. The van der Waals surface area contributed by atoms with Crippen molar-refractivity contribution in [1.82, 2.24) is 0 Å². The molecule has 17 heavy (non-hydrogen) atoms. The van der Waals surface area contributed by atoms with Gasteiger partial charge in [0.1, 0.15) is 0 Å². The molecule has 2 fully saturated rings. The van der Waals surface area contributed by atoms with Crippen molar-refractivity contribution in [2.75, 3.05) is 0 Å². The van der Waals surface area contributed by atoms with E-state index in [1.807, 2.05) is 0 Å². The van der Waals surface area contributed by atoms with Crippen LogP contribution in [-0.2, 0) is 0 Å². The minimum absolute atomic E-state index is 0.886. The molecule has 3 rings (SSSR count). The van der Waals surface area contributed by atoms with E-state index >= 15 is 0 Å². The smallest absolute Gasteiger partial charge is 0.0136 e. The molecule has 0 aliphatic heterocycles. The fourth-order valence-corrected chi connectivity index (χ4v) is 4.74. The maximum Gasteiger partial charge on any atom is -0.0136 e. The fourth-order valence-electron chi connectivity index (χ4n) is 4.74. The van der Waals surface area contributed by atoms with Gasteiger partial charge in [0.05, 0.1) is 0 Å². The Hall–Kier alpha value is -0.520. The van der Waals surface area contributed by atoms with E-state index in [1.165, 1.54) is 44.9 Å². The van der Waals surface area contributed by atoms with Gasteiger partial charge in [-0.2, -0.15) is 0 Å². The van der Waals surface area contributed by atoms with Crippen LogP contribution in [0.3, 0.4) is 0 Å². The van der Waals surface area contributed by atoms with Gasteiger partial charge in [0.15, 0.2) is 0 Å². The van der Waals surface area contributed by atoms with Crippen LogP contribution < -0.4 is 0 Å². The quantitative estimate of drug-likeness (QED) is 0.642. The minimum atomic E-state index is 0.886. The van der Waals surface area contributed by atoms with Crippen molar-refractivity contribution in [3.05, 3.63) is 24.3 Å². The first-order valence-electron chi connectivity index (χ1n) is 7.75. The van der Waals surface area contributed by atoms with Crippen molar-refractivity contribution in [3.63, 3.8) is 0 Å². The van der Waals surface area contributed by atoms with Crippen molar-refractivity contribution in [3.8, 4) is 0 Å². The second kappa shape index (κ2) is 5.00. The average molecular weight is 230 g/mol. The van der Waals surface area contributed by atoms with Crippen LogP contribution in [0.2, 0.25) is 0 Å². The molecule has 5 unspecified atom stereocenters. The van der Waals surface area contributed by atoms with Crippen LogP contribution in [0.4, 0.5) is 0 Å². The Morgan fingerprint density at radius 1 is 1.06 bits per heavy atom. The zero-order chi connectivity index (χ0) is 11.7. The Bertz CT molecular complexity index is 312. The molecule has 3 aliphatic rings. The van der Waals surface area contributed by atoms with Gasteiger partial charge in [0.25, 0.3) is 0 Å². The molecular weight excluding hydrogens is 204 g/mol. The Kier molecular flexibility index (Phi) is 3.40. The summed E-state index contributed by atoms with van der Waals surface area (Å²) in [6.07, 6.45) is 19.9. The number of allylic oxidation sites excluding steroid dienone is 4. The lowest BCUT2D eigenvalue weighted by atomic mass is 9.70. The molecule has 0 nitrogen and oxygen atoms in total. The molecule has 0 N–H and O–H groups in total. The van der Waals surface area contributed by atoms with Gasteiger partial charge >= 0.3 is 0 Å². The third-order valence-electron chi connectivity index (χ3n) is 5.53. The zero-order valence-electron chi connectivity index (χ0n) is 11.1. The van der Waals surface area contributed by atoms with Gasteiger partial charge in [0, 0.05) is 0 Å². The second-order valence-electron chi connectivity index (χ2n) is 6.41. The summed E-state index contributed by atoms with van der Waals surface area (Å²) in [4.78, 5) is 0. The lowest BCUT2D eigenvalue weighted by Gasteiger charge is -2.35. The van der Waals surface area contributed by atoms with E-state index in [4.69, 9.17) is 0 Å². The van der Waals surface area contributed by atoms with E-state index in [0.717, 1.165) is 29.6 Å². The predicted molar refractivity (Wildman–Crippen MR) is 73.7 cm³/mol. The summed E-state index contributed by atoms with van der Waals surface area (Å²) in [5.74, 6) is 4.92. The first kappa shape index (κ1) is 11.6. The number of rotatable bonds is 3. The maximum absolute atomic E-state index is 2.51. The molecule has 0 aromatic rings. The zero-order valence-corrected chi connectivity index (χ0v) is 11.1. The van der Waals surface area contributed by atoms with E-state index in [1.54, 1.807) is 0 Å². The van der Waals surface area contributed by atoms with Crippen LogP contribution >= 0.6 is 0 Å². The van der Waals surface area contributed by atoms with Gasteiger partial charge in [-0.15, -0.1) is 0 Å². The van der Waals surface area contributed by atoms with Crippen molar-refractivity contribution in [1.29, 1.82) is 0 Å². The Morgan fingerprint density at radius 3 is 2.82 bits per heavy atom. The van der Waals surface area contributed by atoms with Gasteiger partial charge in [-0.3, -0.25) is 0 Å². The van der Waals surface area contributed by atoms with Crippen LogP contribution in [0.25, 0.3) is 0 Å². The lowest BCUT2D eigenvalue weighted by Crippen LogP contribution is -2.27.